The Kier molecular flexibility index (Phi) is 7.13. The highest BCUT2D eigenvalue weighted by molar-refractivity contribution is 14.1. The zero-order valence-electron chi connectivity index (χ0n) is 17.8. The fraction of sp³-hybridized carbons (Fsp3) is 0.280. The number of imide groups is 1. The van der Waals surface area contributed by atoms with Crippen LogP contribution in [0.3, 0.4) is 0 Å². The van der Waals surface area contributed by atoms with Gasteiger partial charge in [-0.15, -0.1) is 0 Å². The Bertz CT molecular complexity index is 1040. The van der Waals surface area contributed by atoms with Crippen molar-refractivity contribution >= 4 is 40.1 Å². The largest absolute Gasteiger partial charge is 0.455 e. The summed E-state index contributed by atoms with van der Waals surface area (Å²) in [7, 11) is 0. The quantitative estimate of drug-likeness (QED) is 0.341. The summed E-state index contributed by atoms with van der Waals surface area (Å²) in [6.07, 6.45) is 3.12. The minimum absolute atomic E-state index is 0.298. The number of unbranched alkanes of at least 4 members (excludes halogenated alkanes) is 1. The maximum atomic E-state index is 11.8. The number of furan rings is 1. The van der Waals surface area contributed by atoms with Crippen LogP contribution in [-0.2, 0) is 16.0 Å². The molecule has 5 heteroatoms. The van der Waals surface area contributed by atoms with E-state index < -0.39 is 0 Å². The lowest BCUT2D eigenvalue weighted by molar-refractivity contribution is -0.124. The fourth-order valence-electron chi connectivity index (χ4n) is 3.49. The highest BCUT2D eigenvalue weighted by Gasteiger charge is 2.21. The maximum absolute atomic E-state index is 11.8. The molecular weight excluding hydrogens is 489 g/mol. The zero-order valence-corrected chi connectivity index (χ0v) is 19.9. The van der Waals surface area contributed by atoms with Crippen LogP contribution >= 0.6 is 22.6 Å². The molecule has 2 aromatic carbocycles. The van der Waals surface area contributed by atoms with Crippen molar-refractivity contribution in [1.29, 1.82) is 0 Å². The van der Waals surface area contributed by atoms with Crippen molar-refractivity contribution < 1.29 is 14.0 Å². The van der Waals surface area contributed by atoms with Crippen molar-refractivity contribution in [3.8, 4) is 22.6 Å². The number of halogens is 1. The van der Waals surface area contributed by atoms with Gasteiger partial charge in [0, 0.05) is 30.5 Å². The molecule has 3 rings (SSSR count). The van der Waals surface area contributed by atoms with Crippen LogP contribution in [0.4, 0.5) is 5.69 Å². The molecule has 4 nitrogen and oxygen atoms in total. The molecule has 0 radical (unpaired) electrons. The molecule has 0 atom stereocenters. The second kappa shape index (κ2) is 9.60. The standard InChI is InChI=1S/C25H26INO3/c1-5-6-7-22-23(26)25(20-10-8-16(2)9-11-20)30-24(22)19-12-14-21(15-13-19)27(17(3)28)18(4)29/h8-15H,5-7H2,1-4H3. The van der Waals surface area contributed by atoms with E-state index in [0.29, 0.717) is 5.69 Å². The Morgan fingerprint density at radius 2 is 1.43 bits per heavy atom. The zero-order chi connectivity index (χ0) is 21.8. The van der Waals surface area contributed by atoms with Gasteiger partial charge in [-0.3, -0.25) is 14.5 Å². The van der Waals surface area contributed by atoms with Crippen molar-refractivity contribution in [1.82, 2.24) is 0 Å². The highest BCUT2D eigenvalue weighted by Crippen LogP contribution is 2.39. The number of carbonyl (C=O) groups excluding carboxylic acids is 2. The Morgan fingerprint density at radius 3 is 1.97 bits per heavy atom. The molecule has 0 saturated carbocycles. The van der Waals surface area contributed by atoms with E-state index in [1.54, 1.807) is 12.1 Å². The number of hydrogen-bond donors (Lipinski definition) is 0. The number of anilines is 1. The van der Waals surface area contributed by atoms with Crippen LogP contribution in [0, 0.1) is 10.5 Å². The molecule has 0 saturated heterocycles. The number of carbonyl (C=O) groups is 2. The van der Waals surface area contributed by atoms with Gasteiger partial charge in [-0.2, -0.15) is 0 Å². The number of aryl methyl sites for hydroxylation is 1. The third-order valence-corrected chi connectivity index (χ3v) is 6.20. The van der Waals surface area contributed by atoms with Crippen LogP contribution in [0.25, 0.3) is 22.6 Å². The molecule has 0 bridgehead atoms. The number of rotatable bonds is 6. The van der Waals surface area contributed by atoms with Gasteiger partial charge in [0.15, 0.2) is 0 Å². The van der Waals surface area contributed by atoms with Gasteiger partial charge < -0.3 is 4.42 Å². The molecule has 0 fully saturated rings. The van der Waals surface area contributed by atoms with Gasteiger partial charge in [0.1, 0.15) is 11.5 Å². The third-order valence-electron chi connectivity index (χ3n) is 5.05. The molecule has 3 aromatic rings. The van der Waals surface area contributed by atoms with E-state index in [9.17, 15) is 9.59 Å². The summed E-state index contributed by atoms with van der Waals surface area (Å²) in [5, 5.41) is 0. The molecule has 0 spiro atoms. The summed E-state index contributed by atoms with van der Waals surface area (Å²) in [4.78, 5) is 24.8. The minimum atomic E-state index is -0.298. The van der Waals surface area contributed by atoms with E-state index in [0.717, 1.165) is 45.5 Å². The normalized spacial score (nSPS) is 10.8. The third kappa shape index (κ3) is 4.67. The Labute approximate surface area is 191 Å². The lowest BCUT2D eigenvalue weighted by Gasteiger charge is -2.17. The smallest absolute Gasteiger partial charge is 0.230 e. The van der Waals surface area contributed by atoms with Crippen LogP contribution in [0.2, 0.25) is 0 Å². The van der Waals surface area contributed by atoms with E-state index in [1.807, 2.05) is 12.1 Å². The molecule has 1 aromatic heterocycles. The lowest BCUT2D eigenvalue weighted by Crippen LogP contribution is -2.32. The Hall–Kier alpha value is -2.41. The van der Waals surface area contributed by atoms with Crippen molar-refractivity contribution in [2.75, 3.05) is 4.90 Å². The van der Waals surface area contributed by atoms with Gasteiger partial charge in [-0.1, -0.05) is 43.2 Å². The molecule has 1 heterocycles. The first-order valence-corrected chi connectivity index (χ1v) is 11.2. The molecule has 0 unspecified atom stereocenters. The van der Waals surface area contributed by atoms with Crippen molar-refractivity contribution in [2.24, 2.45) is 0 Å². The second-order valence-corrected chi connectivity index (χ2v) is 8.52. The SMILES string of the molecule is CCCCc1c(-c2ccc(N(C(C)=O)C(C)=O)cc2)oc(-c2ccc(C)cc2)c1I. The van der Waals surface area contributed by atoms with Crippen LogP contribution in [0.5, 0.6) is 0 Å². The van der Waals surface area contributed by atoms with Gasteiger partial charge in [-0.05, 0) is 66.6 Å². The van der Waals surface area contributed by atoms with Crippen molar-refractivity contribution in [3.05, 3.63) is 63.2 Å². The summed E-state index contributed by atoms with van der Waals surface area (Å²) in [6, 6.07) is 15.8. The maximum Gasteiger partial charge on any atom is 0.230 e. The topological polar surface area (TPSA) is 50.5 Å². The average Bonchev–Trinajstić information content (AvgIpc) is 3.03. The van der Waals surface area contributed by atoms with Gasteiger partial charge in [-0.25, -0.2) is 0 Å². The van der Waals surface area contributed by atoms with Gasteiger partial charge in [0.25, 0.3) is 0 Å². The number of amides is 2. The molecular formula is C25H26INO3. The van der Waals surface area contributed by atoms with E-state index >= 15 is 0 Å². The van der Waals surface area contributed by atoms with Crippen LogP contribution in [-0.4, -0.2) is 11.8 Å². The lowest BCUT2D eigenvalue weighted by atomic mass is 10.0. The van der Waals surface area contributed by atoms with Gasteiger partial charge >= 0.3 is 0 Å². The first kappa shape index (κ1) is 22.3. The van der Waals surface area contributed by atoms with E-state index in [1.165, 1.54) is 29.9 Å². The monoisotopic (exact) mass is 515 g/mol. The average molecular weight is 515 g/mol. The molecule has 0 N–H and O–H groups in total. The number of nitrogens with zero attached hydrogens (tertiary/aromatic N) is 1. The van der Waals surface area contributed by atoms with E-state index in [2.05, 4.69) is 60.7 Å². The minimum Gasteiger partial charge on any atom is -0.455 e. The highest BCUT2D eigenvalue weighted by atomic mass is 127. The molecule has 156 valence electrons. The predicted octanol–water partition coefficient (Wildman–Crippen LogP) is 6.77. The molecule has 2 amide bonds. The van der Waals surface area contributed by atoms with Crippen molar-refractivity contribution in [2.45, 2.75) is 47.0 Å². The van der Waals surface area contributed by atoms with Gasteiger partial charge in [0.05, 0.1) is 9.26 Å². The Morgan fingerprint density at radius 1 is 0.900 bits per heavy atom. The summed E-state index contributed by atoms with van der Waals surface area (Å²) in [6.45, 7) is 7.03. The Balaban J connectivity index is 2.05. The summed E-state index contributed by atoms with van der Waals surface area (Å²) < 4.78 is 7.53. The summed E-state index contributed by atoms with van der Waals surface area (Å²) >= 11 is 2.38. The van der Waals surface area contributed by atoms with E-state index in [4.69, 9.17) is 4.42 Å². The fourth-order valence-corrected chi connectivity index (χ4v) is 4.43. The van der Waals surface area contributed by atoms with Gasteiger partial charge in [0.2, 0.25) is 11.8 Å². The molecule has 0 aliphatic rings. The van der Waals surface area contributed by atoms with Crippen LogP contribution < -0.4 is 4.90 Å². The van der Waals surface area contributed by atoms with Crippen LogP contribution in [0.1, 0.15) is 44.7 Å². The number of benzene rings is 2. The predicted molar refractivity (Wildman–Crippen MR) is 129 cm³/mol. The number of hydrogen-bond acceptors (Lipinski definition) is 3. The summed E-state index contributed by atoms with van der Waals surface area (Å²) in [5.74, 6) is 1.14. The molecule has 0 aliphatic carbocycles. The first-order chi connectivity index (χ1) is 14.3. The van der Waals surface area contributed by atoms with Crippen LogP contribution in [0.15, 0.2) is 52.9 Å². The van der Waals surface area contributed by atoms with Crippen molar-refractivity contribution in [3.63, 3.8) is 0 Å². The summed E-state index contributed by atoms with van der Waals surface area (Å²) in [5.41, 5.74) is 4.98. The first-order valence-electron chi connectivity index (χ1n) is 10.1. The van der Waals surface area contributed by atoms with E-state index in [-0.39, 0.29) is 11.8 Å². The molecule has 0 aliphatic heterocycles. The molecule has 30 heavy (non-hydrogen) atoms. The second-order valence-electron chi connectivity index (χ2n) is 7.44.